The fraction of sp³-hybridized carbons (Fsp3) is 0.235. The molecule has 0 aliphatic heterocycles. The van der Waals surface area contributed by atoms with Crippen LogP contribution in [0, 0.1) is 0 Å². The molecule has 136 valence electrons. The van der Waals surface area contributed by atoms with E-state index in [0.29, 0.717) is 5.16 Å². The fourth-order valence-corrected chi connectivity index (χ4v) is 4.32. The number of thiophene rings is 2. The molecular formula is C17H18N4O2S3. The zero-order chi connectivity index (χ0) is 18.5. The van der Waals surface area contributed by atoms with Crippen molar-refractivity contribution in [3.63, 3.8) is 0 Å². The van der Waals surface area contributed by atoms with Gasteiger partial charge in [0.2, 0.25) is 5.91 Å². The summed E-state index contributed by atoms with van der Waals surface area (Å²) in [5.41, 5.74) is 1.82. The van der Waals surface area contributed by atoms with Crippen molar-refractivity contribution in [1.82, 2.24) is 20.6 Å². The van der Waals surface area contributed by atoms with Gasteiger partial charge in [-0.1, -0.05) is 23.9 Å². The van der Waals surface area contributed by atoms with Crippen LogP contribution in [-0.4, -0.2) is 33.7 Å². The number of aromatic amines is 1. The summed E-state index contributed by atoms with van der Waals surface area (Å²) in [5.74, 6) is -0.257. The van der Waals surface area contributed by atoms with Crippen LogP contribution in [0.15, 0.2) is 40.2 Å². The number of nitrogens with zero attached hydrogens (tertiary/aromatic N) is 1. The van der Waals surface area contributed by atoms with E-state index < -0.39 is 6.03 Å². The summed E-state index contributed by atoms with van der Waals surface area (Å²) in [7, 11) is 0. The van der Waals surface area contributed by atoms with E-state index in [1.807, 2.05) is 48.9 Å². The van der Waals surface area contributed by atoms with Crippen molar-refractivity contribution in [2.45, 2.75) is 25.0 Å². The molecule has 0 saturated carbocycles. The largest absolute Gasteiger partial charge is 0.336 e. The molecule has 0 unspecified atom stereocenters. The minimum Gasteiger partial charge on any atom is -0.336 e. The lowest BCUT2D eigenvalue weighted by molar-refractivity contribution is -0.117. The molecule has 3 heterocycles. The van der Waals surface area contributed by atoms with Crippen LogP contribution in [0.3, 0.4) is 0 Å². The van der Waals surface area contributed by atoms with Gasteiger partial charge in [0.1, 0.15) is 5.69 Å². The first-order valence-electron chi connectivity index (χ1n) is 7.94. The molecule has 3 aromatic heterocycles. The number of hydrogen-bond donors (Lipinski definition) is 3. The number of rotatable bonds is 6. The molecule has 0 aliphatic rings. The number of urea groups is 1. The second-order valence-electron chi connectivity index (χ2n) is 5.69. The Bertz CT molecular complexity index is 818. The Balaban J connectivity index is 1.70. The molecular weight excluding hydrogens is 388 g/mol. The number of carbonyl (C=O) groups excluding carboxylic acids is 2. The Morgan fingerprint density at radius 3 is 2.50 bits per heavy atom. The van der Waals surface area contributed by atoms with Gasteiger partial charge < -0.3 is 10.3 Å². The topological polar surface area (TPSA) is 86.9 Å². The van der Waals surface area contributed by atoms with Crippen LogP contribution in [0.4, 0.5) is 4.79 Å². The Hall–Kier alpha value is -2.10. The highest BCUT2D eigenvalue weighted by atomic mass is 32.2. The highest BCUT2D eigenvalue weighted by Crippen LogP contribution is 2.36. The van der Waals surface area contributed by atoms with E-state index >= 15 is 0 Å². The maximum Gasteiger partial charge on any atom is 0.321 e. The van der Waals surface area contributed by atoms with Crippen LogP contribution < -0.4 is 10.6 Å². The molecule has 0 radical (unpaired) electrons. The first-order valence-corrected chi connectivity index (χ1v) is 10.7. The summed E-state index contributed by atoms with van der Waals surface area (Å²) in [6.07, 6.45) is 0. The molecule has 0 atom stereocenters. The van der Waals surface area contributed by atoms with Gasteiger partial charge in [0, 0.05) is 6.04 Å². The molecule has 0 aliphatic carbocycles. The number of imide groups is 1. The van der Waals surface area contributed by atoms with E-state index in [2.05, 4.69) is 20.6 Å². The predicted molar refractivity (Wildman–Crippen MR) is 108 cm³/mol. The second kappa shape index (κ2) is 8.52. The molecule has 3 rings (SSSR count). The van der Waals surface area contributed by atoms with Crippen molar-refractivity contribution >= 4 is 46.4 Å². The van der Waals surface area contributed by atoms with Gasteiger partial charge in [-0.05, 0) is 36.7 Å². The molecule has 3 N–H and O–H groups in total. The fourth-order valence-electron chi connectivity index (χ4n) is 2.21. The number of aromatic nitrogens is 2. The number of nitrogens with one attached hydrogen (secondary N) is 3. The predicted octanol–water partition coefficient (Wildman–Crippen LogP) is 4.19. The van der Waals surface area contributed by atoms with Crippen LogP contribution >= 0.6 is 34.4 Å². The molecule has 0 spiro atoms. The molecule has 0 aromatic carbocycles. The average molecular weight is 407 g/mol. The lowest BCUT2D eigenvalue weighted by atomic mass is 10.2. The van der Waals surface area contributed by atoms with Gasteiger partial charge in [0.15, 0.2) is 5.16 Å². The number of hydrogen-bond acceptors (Lipinski definition) is 6. The van der Waals surface area contributed by atoms with Gasteiger partial charge >= 0.3 is 6.03 Å². The van der Waals surface area contributed by atoms with Crippen molar-refractivity contribution < 1.29 is 9.59 Å². The van der Waals surface area contributed by atoms with Gasteiger partial charge in [0.05, 0.1) is 21.2 Å². The molecule has 0 fully saturated rings. The number of imidazole rings is 1. The zero-order valence-corrected chi connectivity index (χ0v) is 16.7. The average Bonchev–Trinajstić information content (AvgIpc) is 3.31. The van der Waals surface area contributed by atoms with Crippen LogP contribution in [-0.2, 0) is 4.79 Å². The maximum absolute atomic E-state index is 11.9. The quantitative estimate of drug-likeness (QED) is 0.536. The summed E-state index contributed by atoms with van der Waals surface area (Å²) >= 11 is 4.52. The second-order valence-corrected chi connectivity index (χ2v) is 8.54. The highest BCUT2D eigenvalue weighted by molar-refractivity contribution is 7.99. The summed E-state index contributed by atoms with van der Waals surface area (Å²) < 4.78 is 0. The summed E-state index contributed by atoms with van der Waals surface area (Å²) in [6, 6.07) is 7.53. The number of H-pyrrole nitrogens is 1. The van der Waals surface area contributed by atoms with Crippen molar-refractivity contribution in [2.24, 2.45) is 0 Å². The third kappa shape index (κ3) is 4.75. The summed E-state index contributed by atoms with van der Waals surface area (Å²) in [4.78, 5) is 33.6. The first kappa shape index (κ1) is 18.7. The zero-order valence-electron chi connectivity index (χ0n) is 14.2. The number of amides is 3. The smallest absolute Gasteiger partial charge is 0.321 e. The van der Waals surface area contributed by atoms with E-state index in [1.165, 1.54) is 11.8 Å². The van der Waals surface area contributed by atoms with E-state index in [0.717, 1.165) is 21.1 Å². The molecule has 26 heavy (non-hydrogen) atoms. The van der Waals surface area contributed by atoms with Gasteiger partial charge in [-0.25, -0.2) is 9.78 Å². The monoisotopic (exact) mass is 406 g/mol. The molecule has 3 amide bonds. The molecule has 0 bridgehead atoms. The van der Waals surface area contributed by atoms with E-state index in [1.54, 1.807) is 22.7 Å². The van der Waals surface area contributed by atoms with Crippen molar-refractivity contribution in [2.75, 3.05) is 5.75 Å². The number of thioether (sulfide) groups is 1. The van der Waals surface area contributed by atoms with Crippen LogP contribution in [0.1, 0.15) is 13.8 Å². The number of carbonyl (C=O) groups is 2. The maximum atomic E-state index is 11.9. The van der Waals surface area contributed by atoms with E-state index in [-0.39, 0.29) is 17.7 Å². The lowest BCUT2D eigenvalue weighted by Gasteiger charge is -2.08. The standard InChI is InChI=1S/C17H18N4O2S3/c1-10(2)18-16(23)19-13(22)9-26-17-20-14(11-5-3-7-24-11)15(21-17)12-6-4-8-25-12/h3-8,10H,9H2,1-2H3,(H,20,21)(H2,18,19,22,23). The third-order valence-corrected chi connectivity index (χ3v) is 5.85. The van der Waals surface area contributed by atoms with Crippen molar-refractivity contribution in [3.8, 4) is 21.1 Å². The van der Waals surface area contributed by atoms with Crippen LogP contribution in [0.2, 0.25) is 0 Å². The Morgan fingerprint density at radius 2 is 1.88 bits per heavy atom. The molecule has 0 saturated heterocycles. The minimum atomic E-state index is -0.483. The normalized spacial score (nSPS) is 10.9. The van der Waals surface area contributed by atoms with Gasteiger partial charge in [-0.2, -0.15) is 0 Å². The van der Waals surface area contributed by atoms with Gasteiger partial charge in [-0.15, -0.1) is 22.7 Å². The molecule has 3 aromatic rings. The van der Waals surface area contributed by atoms with Gasteiger partial charge in [0.25, 0.3) is 0 Å². The molecule has 6 nitrogen and oxygen atoms in total. The Kier molecular flexibility index (Phi) is 6.12. The van der Waals surface area contributed by atoms with Crippen LogP contribution in [0.5, 0.6) is 0 Å². The first-order chi connectivity index (χ1) is 12.5. The Morgan fingerprint density at radius 1 is 1.19 bits per heavy atom. The summed E-state index contributed by atoms with van der Waals surface area (Å²) in [5, 5.41) is 9.61. The molecule has 9 heteroatoms. The lowest BCUT2D eigenvalue weighted by Crippen LogP contribution is -2.43. The van der Waals surface area contributed by atoms with Crippen molar-refractivity contribution in [3.05, 3.63) is 35.0 Å². The SMILES string of the molecule is CC(C)NC(=O)NC(=O)CSc1nc(-c2cccs2)c(-c2cccs2)[nH]1. The Labute approximate surface area is 163 Å². The summed E-state index contributed by atoms with van der Waals surface area (Å²) in [6.45, 7) is 3.67. The highest BCUT2D eigenvalue weighted by Gasteiger charge is 2.17. The minimum absolute atomic E-state index is 0.0257. The van der Waals surface area contributed by atoms with E-state index in [4.69, 9.17) is 0 Å². The van der Waals surface area contributed by atoms with Crippen LogP contribution in [0.25, 0.3) is 21.1 Å². The third-order valence-electron chi connectivity index (χ3n) is 3.22. The van der Waals surface area contributed by atoms with Gasteiger partial charge in [-0.3, -0.25) is 10.1 Å². The van der Waals surface area contributed by atoms with Crippen molar-refractivity contribution in [1.29, 1.82) is 0 Å². The van der Waals surface area contributed by atoms with E-state index in [9.17, 15) is 9.59 Å².